The highest BCUT2D eigenvalue weighted by Gasteiger charge is 2.28. The predicted molar refractivity (Wildman–Crippen MR) is 72.0 cm³/mol. The number of carbonyl (C=O) groups excluding carboxylic acids is 3. The van der Waals surface area contributed by atoms with Gasteiger partial charge in [0, 0.05) is 22.8 Å². The largest absolute Gasteiger partial charge is 0.290 e. The van der Waals surface area contributed by atoms with Crippen LogP contribution < -0.4 is 0 Å². The Kier molecular flexibility index (Phi) is 3.30. The molecule has 96 valence electrons. The molecule has 3 nitrogen and oxygen atoms in total. The van der Waals surface area contributed by atoms with Gasteiger partial charge < -0.3 is 0 Å². The zero-order chi connectivity index (χ0) is 14.2. The monoisotopic (exact) mass is 254 g/mol. The molecule has 0 fully saturated rings. The number of benzene rings is 1. The normalized spacial score (nSPS) is 15.6. The van der Waals surface area contributed by atoms with Crippen molar-refractivity contribution in [2.24, 2.45) is 0 Å². The van der Waals surface area contributed by atoms with Crippen molar-refractivity contribution in [2.45, 2.75) is 20.8 Å². The molecule has 0 atom stereocenters. The number of hydrogen-bond donors (Lipinski definition) is 0. The van der Waals surface area contributed by atoms with Crippen LogP contribution in [0.5, 0.6) is 0 Å². The van der Waals surface area contributed by atoms with Crippen molar-refractivity contribution in [3.05, 3.63) is 58.2 Å². The first-order valence-electron chi connectivity index (χ1n) is 6.01. The summed E-state index contributed by atoms with van der Waals surface area (Å²) in [7, 11) is 0. The van der Waals surface area contributed by atoms with Crippen LogP contribution in [0, 0.1) is 6.92 Å². The quantitative estimate of drug-likeness (QED) is 0.463. The Bertz CT molecular complexity index is 643. The summed E-state index contributed by atoms with van der Waals surface area (Å²) in [5.41, 5.74) is 2.17. The molecule has 0 heterocycles. The Morgan fingerprint density at radius 2 is 1.47 bits per heavy atom. The maximum absolute atomic E-state index is 12.3. The third-order valence-electron chi connectivity index (χ3n) is 3.35. The van der Waals surface area contributed by atoms with E-state index in [9.17, 15) is 14.4 Å². The summed E-state index contributed by atoms with van der Waals surface area (Å²) in [6, 6.07) is 6.93. The summed E-state index contributed by atoms with van der Waals surface area (Å²) < 4.78 is 0. The Balaban J connectivity index is 2.41. The van der Waals surface area contributed by atoms with Gasteiger partial charge in [-0.15, -0.1) is 0 Å². The van der Waals surface area contributed by atoms with E-state index >= 15 is 0 Å². The minimum Gasteiger partial charge on any atom is -0.290 e. The lowest BCUT2D eigenvalue weighted by Crippen LogP contribution is -2.22. The maximum Gasteiger partial charge on any atom is 0.197 e. The maximum atomic E-state index is 12.3. The molecule has 0 aliphatic heterocycles. The molecule has 1 aliphatic rings. The molecule has 3 heteroatoms. The van der Waals surface area contributed by atoms with Crippen molar-refractivity contribution in [1.82, 2.24) is 0 Å². The van der Waals surface area contributed by atoms with Gasteiger partial charge in [-0.1, -0.05) is 29.8 Å². The van der Waals surface area contributed by atoms with Gasteiger partial charge in [-0.2, -0.15) is 0 Å². The molecule has 0 aromatic heterocycles. The fraction of sp³-hybridized carbons (Fsp3) is 0.188. The fourth-order valence-electron chi connectivity index (χ4n) is 1.89. The first-order valence-corrected chi connectivity index (χ1v) is 6.01. The standard InChI is InChI=1S/C16H14O3/c1-9-4-6-12(7-5-9)16(19)13-8-14(17)10(2)11(3)15(13)18/h4-8H,1-3H3. The Morgan fingerprint density at radius 1 is 0.895 bits per heavy atom. The lowest BCUT2D eigenvalue weighted by atomic mass is 9.87. The summed E-state index contributed by atoms with van der Waals surface area (Å²) in [4.78, 5) is 36.0. The number of hydrogen-bond acceptors (Lipinski definition) is 3. The summed E-state index contributed by atoms with van der Waals surface area (Å²) >= 11 is 0. The zero-order valence-corrected chi connectivity index (χ0v) is 11.1. The van der Waals surface area contributed by atoms with Gasteiger partial charge in [0.2, 0.25) is 0 Å². The van der Waals surface area contributed by atoms with E-state index < -0.39 is 5.78 Å². The molecule has 0 bridgehead atoms. The van der Waals surface area contributed by atoms with Crippen LogP contribution in [0.1, 0.15) is 29.8 Å². The van der Waals surface area contributed by atoms with Crippen LogP contribution in [0.4, 0.5) is 0 Å². The van der Waals surface area contributed by atoms with Crippen molar-refractivity contribution in [3.63, 3.8) is 0 Å². The van der Waals surface area contributed by atoms with E-state index in [1.54, 1.807) is 38.1 Å². The van der Waals surface area contributed by atoms with Crippen LogP contribution in [-0.2, 0) is 9.59 Å². The van der Waals surface area contributed by atoms with Gasteiger partial charge in [-0.25, -0.2) is 0 Å². The topological polar surface area (TPSA) is 51.2 Å². The molecule has 0 unspecified atom stereocenters. The molecule has 0 amide bonds. The first kappa shape index (κ1) is 13.1. The average Bonchev–Trinajstić information content (AvgIpc) is 2.40. The third kappa shape index (κ3) is 2.32. The van der Waals surface area contributed by atoms with E-state index in [0.29, 0.717) is 16.7 Å². The molecule has 0 N–H and O–H groups in total. The highest BCUT2D eigenvalue weighted by atomic mass is 16.2. The van der Waals surface area contributed by atoms with Gasteiger partial charge >= 0.3 is 0 Å². The summed E-state index contributed by atoms with van der Waals surface area (Å²) in [6.07, 6.45) is 1.15. The molecular formula is C16H14O3. The summed E-state index contributed by atoms with van der Waals surface area (Å²) in [5.74, 6) is -1.03. The fourth-order valence-corrected chi connectivity index (χ4v) is 1.89. The van der Waals surface area contributed by atoms with Crippen LogP contribution in [0.2, 0.25) is 0 Å². The van der Waals surface area contributed by atoms with Crippen molar-refractivity contribution < 1.29 is 14.4 Å². The van der Waals surface area contributed by atoms with E-state index in [1.807, 2.05) is 6.92 Å². The van der Waals surface area contributed by atoms with E-state index in [0.717, 1.165) is 11.6 Å². The number of Topliss-reactive ketones (excluding diaryl/α,β-unsaturated/α-hetero) is 2. The van der Waals surface area contributed by atoms with E-state index in [4.69, 9.17) is 0 Å². The number of carbonyl (C=O) groups is 3. The van der Waals surface area contributed by atoms with Crippen molar-refractivity contribution in [1.29, 1.82) is 0 Å². The predicted octanol–water partition coefficient (Wildman–Crippen LogP) is 2.59. The molecule has 0 saturated carbocycles. The molecule has 0 radical (unpaired) electrons. The first-order chi connectivity index (χ1) is 8.91. The van der Waals surface area contributed by atoms with Gasteiger partial charge in [0.15, 0.2) is 17.3 Å². The molecule has 1 aromatic rings. The van der Waals surface area contributed by atoms with Crippen LogP contribution in [-0.4, -0.2) is 17.3 Å². The van der Waals surface area contributed by atoms with Crippen molar-refractivity contribution in [3.8, 4) is 0 Å². The third-order valence-corrected chi connectivity index (χ3v) is 3.35. The minimum atomic E-state index is -0.398. The molecule has 1 aliphatic carbocycles. The smallest absolute Gasteiger partial charge is 0.197 e. The van der Waals surface area contributed by atoms with E-state index in [2.05, 4.69) is 0 Å². The minimum absolute atomic E-state index is 0.0445. The van der Waals surface area contributed by atoms with Gasteiger partial charge in [-0.3, -0.25) is 14.4 Å². The molecule has 2 rings (SSSR count). The number of rotatable bonds is 2. The lowest BCUT2D eigenvalue weighted by molar-refractivity contribution is -0.115. The second kappa shape index (κ2) is 4.76. The van der Waals surface area contributed by atoms with Gasteiger partial charge in [0.05, 0.1) is 5.57 Å². The highest BCUT2D eigenvalue weighted by molar-refractivity contribution is 6.36. The lowest BCUT2D eigenvalue weighted by Gasteiger charge is -2.13. The molecule has 1 aromatic carbocycles. The Labute approximate surface area is 111 Å². The van der Waals surface area contributed by atoms with Gasteiger partial charge in [0.1, 0.15) is 0 Å². The van der Waals surface area contributed by atoms with Crippen LogP contribution >= 0.6 is 0 Å². The molecule has 19 heavy (non-hydrogen) atoms. The molecule has 0 saturated heterocycles. The van der Waals surface area contributed by atoms with Crippen LogP contribution in [0.25, 0.3) is 0 Å². The second-order valence-corrected chi connectivity index (χ2v) is 4.70. The van der Waals surface area contributed by atoms with E-state index in [-0.39, 0.29) is 17.1 Å². The second-order valence-electron chi connectivity index (χ2n) is 4.70. The van der Waals surface area contributed by atoms with Gasteiger partial charge in [-0.05, 0) is 20.8 Å². The van der Waals surface area contributed by atoms with Crippen LogP contribution in [0.15, 0.2) is 47.1 Å². The average molecular weight is 254 g/mol. The number of aryl methyl sites for hydroxylation is 1. The van der Waals surface area contributed by atoms with Crippen molar-refractivity contribution in [2.75, 3.05) is 0 Å². The number of allylic oxidation sites excluding steroid dienone is 4. The summed E-state index contributed by atoms with van der Waals surface area (Å²) in [5, 5.41) is 0. The van der Waals surface area contributed by atoms with Gasteiger partial charge in [0.25, 0.3) is 0 Å². The SMILES string of the molecule is CC1=C(C)C(=O)C(C(=O)c2ccc(C)cc2)=CC1=O. The Morgan fingerprint density at radius 3 is 2.05 bits per heavy atom. The van der Waals surface area contributed by atoms with Crippen molar-refractivity contribution >= 4 is 17.3 Å². The zero-order valence-electron chi connectivity index (χ0n) is 11.1. The molecular weight excluding hydrogens is 240 g/mol. The van der Waals surface area contributed by atoms with Crippen LogP contribution in [0.3, 0.4) is 0 Å². The van der Waals surface area contributed by atoms with E-state index in [1.165, 1.54) is 0 Å². The Hall–Kier alpha value is -2.29. The number of ketones is 3. The highest BCUT2D eigenvalue weighted by Crippen LogP contribution is 2.21. The summed E-state index contributed by atoms with van der Waals surface area (Å²) in [6.45, 7) is 5.09. The molecule has 0 spiro atoms.